The summed E-state index contributed by atoms with van der Waals surface area (Å²) in [4.78, 5) is 24.1. The number of aryl methyl sites for hydroxylation is 1. The predicted molar refractivity (Wildman–Crippen MR) is 97.3 cm³/mol. The minimum atomic E-state index is -4.30. The molecule has 0 aliphatic rings. The lowest BCUT2D eigenvalue weighted by atomic mass is 10.2. The highest BCUT2D eigenvalue weighted by molar-refractivity contribution is 7.89. The van der Waals surface area contributed by atoms with Crippen LogP contribution in [-0.4, -0.2) is 47.4 Å². The molecule has 0 fully saturated rings. The number of sulfonamides is 1. The van der Waals surface area contributed by atoms with Crippen molar-refractivity contribution < 1.29 is 22.7 Å². The maximum Gasteiger partial charge on any atom is 0.430 e. The number of carbonyl (C=O) groups excluding carboxylic acids is 1. The van der Waals surface area contributed by atoms with Crippen molar-refractivity contribution in [1.29, 1.82) is 0 Å². The topological polar surface area (TPSA) is 112 Å². The van der Waals surface area contributed by atoms with E-state index in [-0.39, 0.29) is 34.3 Å². The smallest absolute Gasteiger partial charge is 0.430 e. The van der Waals surface area contributed by atoms with Gasteiger partial charge in [0, 0.05) is 12.7 Å². The van der Waals surface area contributed by atoms with E-state index in [4.69, 9.17) is 21.1 Å². The zero-order valence-corrected chi connectivity index (χ0v) is 16.8. The van der Waals surface area contributed by atoms with Gasteiger partial charge in [-0.1, -0.05) is 25.4 Å². The average molecular weight is 415 g/mol. The summed E-state index contributed by atoms with van der Waals surface area (Å²) in [5, 5.41) is -0.244. The molecule has 0 atom stereocenters. The van der Waals surface area contributed by atoms with Gasteiger partial charge in [-0.2, -0.15) is 4.31 Å². The van der Waals surface area contributed by atoms with Crippen LogP contribution in [-0.2, 0) is 10.0 Å². The van der Waals surface area contributed by atoms with Gasteiger partial charge < -0.3 is 9.47 Å². The van der Waals surface area contributed by atoms with Gasteiger partial charge >= 0.3 is 6.09 Å². The van der Waals surface area contributed by atoms with Crippen LogP contribution in [0.4, 0.5) is 4.79 Å². The number of pyridine rings is 1. The van der Waals surface area contributed by atoms with Crippen molar-refractivity contribution in [3.63, 3.8) is 0 Å². The Morgan fingerprint density at radius 2 is 2.00 bits per heavy atom. The summed E-state index contributed by atoms with van der Waals surface area (Å²) in [5.41, 5.74) is 0.542. The van der Waals surface area contributed by atoms with Crippen LogP contribution in [0.25, 0.3) is 0 Å². The fraction of sp³-hybridized carbons (Fsp3) is 0.375. The van der Waals surface area contributed by atoms with Crippen molar-refractivity contribution in [1.82, 2.24) is 19.3 Å². The first-order valence-electron chi connectivity index (χ1n) is 7.89. The maximum atomic E-state index is 13.0. The SMILES string of the molecule is COc1nc(C)cnc1OC(=O)N(CC(C)C)S(=O)(=O)c1cccnc1Cl. The first kappa shape index (κ1) is 20.8. The van der Waals surface area contributed by atoms with E-state index in [2.05, 4.69) is 15.0 Å². The van der Waals surface area contributed by atoms with Crippen molar-refractivity contribution in [2.45, 2.75) is 25.7 Å². The Bertz CT molecular complexity index is 936. The number of nitrogens with zero attached hydrogens (tertiary/aromatic N) is 4. The molecule has 0 saturated heterocycles. The third-order valence-corrected chi connectivity index (χ3v) is 5.41. The first-order valence-corrected chi connectivity index (χ1v) is 9.71. The molecule has 0 radical (unpaired) electrons. The molecule has 0 bridgehead atoms. The predicted octanol–water partition coefficient (Wildman–Crippen LogP) is 2.69. The van der Waals surface area contributed by atoms with Crippen molar-refractivity contribution >= 4 is 27.7 Å². The highest BCUT2D eigenvalue weighted by atomic mass is 35.5. The van der Waals surface area contributed by atoms with E-state index in [9.17, 15) is 13.2 Å². The molecule has 2 aromatic heterocycles. The average Bonchev–Trinajstić information content (AvgIpc) is 2.61. The minimum Gasteiger partial charge on any atom is -0.477 e. The number of rotatable bonds is 6. The van der Waals surface area contributed by atoms with Crippen molar-refractivity contribution in [2.24, 2.45) is 5.92 Å². The van der Waals surface area contributed by atoms with Crippen molar-refractivity contribution in [2.75, 3.05) is 13.7 Å². The van der Waals surface area contributed by atoms with Gasteiger partial charge in [0.2, 0.25) is 0 Å². The molecule has 9 nitrogen and oxygen atoms in total. The van der Waals surface area contributed by atoms with Gasteiger partial charge in [-0.05, 0) is 25.0 Å². The summed E-state index contributed by atoms with van der Waals surface area (Å²) >= 11 is 5.91. The third kappa shape index (κ3) is 4.83. The second kappa shape index (κ2) is 8.49. The van der Waals surface area contributed by atoms with Crippen molar-refractivity contribution in [3.8, 4) is 11.8 Å². The van der Waals surface area contributed by atoms with Crippen LogP contribution in [0.3, 0.4) is 0 Å². The van der Waals surface area contributed by atoms with Crippen LogP contribution in [0, 0.1) is 12.8 Å². The van der Waals surface area contributed by atoms with Gasteiger partial charge in [0.25, 0.3) is 21.8 Å². The summed E-state index contributed by atoms with van der Waals surface area (Å²) < 4.78 is 36.7. The molecular formula is C16H19ClN4O5S. The second-order valence-corrected chi connectivity index (χ2v) is 8.10. The zero-order valence-electron chi connectivity index (χ0n) is 15.2. The molecule has 2 aromatic rings. The number of ether oxygens (including phenoxy) is 2. The number of carbonyl (C=O) groups is 1. The number of methoxy groups -OCH3 is 1. The molecule has 2 rings (SSSR count). The van der Waals surface area contributed by atoms with E-state index < -0.39 is 16.1 Å². The van der Waals surface area contributed by atoms with Crippen LogP contribution in [0.1, 0.15) is 19.5 Å². The van der Waals surface area contributed by atoms with E-state index in [0.29, 0.717) is 10.00 Å². The van der Waals surface area contributed by atoms with Gasteiger partial charge in [-0.25, -0.2) is 28.2 Å². The Balaban J connectivity index is 2.42. The van der Waals surface area contributed by atoms with Gasteiger partial charge in [0.1, 0.15) is 10.0 Å². The molecule has 0 aromatic carbocycles. The molecular weight excluding hydrogens is 396 g/mol. The molecule has 0 saturated carbocycles. The second-order valence-electron chi connectivity index (χ2n) is 5.92. The van der Waals surface area contributed by atoms with E-state index in [1.807, 2.05) is 0 Å². The molecule has 27 heavy (non-hydrogen) atoms. The number of aromatic nitrogens is 3. The summed E-state index contributed by atoms with van der Waals surface area (Å²) in [7, 11) is -2.97. The standard InChI is InChI=1S/C16H19ClN4O5S/c1-10(2)9-21(27(23,24)12-6-5-7-18-13(12)17)16(22)26-14-15(25-4)20-11(3)8-19-14/h5-8,10H,9H2,1-4H3. The van der Waals surface area contributed by atoms with E-state index in [1.165, 1.54) is 31.6 Å². The van der Waals surface area contributed by atoms with Gasteiger partial charge in [-0.15, -0.1) is 0 Å². The number of amides is 1. The quantitative estimate of drug-likeness (QED) is 0.663. The van der Waals surface area contributed by atoms with Gasteiger partial charge in [0.05, 0.1) is 19.0 Å². The molecule has 1 amide bonds. The fourth-order valence-corrected chi connectivity index (χ4v) is 3.96. The lowest BCUT2D eigenvalue weighted by Gasteiger charge is -2.23. The fourth-order valence-electron chi connectivity index (χ4n) is 2.07. The van der Waals surface area contributed by atoms with E-state index in [1.54, 1.807) is 20.8 Å². The van der Waals surface area contributed by atoms with Gasteiger partial charge in [0.15, 0.2) is 0 Å². The Hall–Kier alpha value is -2.46. The Morgan fingerprint density at radius 3 is 2.59 bits per heavy atom. The van der Waals surface area contributed by atoms with E-state index in [0.717, 1.165) is 0 Å². The normalized spacial score (nSPS) is 11.3. The first-order chi connectivity index (χ1) is 12.7. The summed E-state index contributed by atoms with van der Waals surface area (Å²) in [5.74, 6) is -0.451. The third-order valence-electron chi connectivity index (χ3n) is 3.23. The molecule has 146 valence electrons. The van der Waals surface area contributed by atoms with Crippen LogP contribution < -0.4 is 9.47 Å². The summed E-state index contributed by atoms with van der Waals surface area (Å²) in [6.45, 7) is 5.06. The summed E-state index contributed by atoms with van der Waals surface area (Å²) in [6, 6.07) is 2.67. The van der Waals surface area contributed by atoms with E-state index >= 15 is 0 Å². The lowest BCUT2D eigenvalue weighted by Crippen LogP contribution is -2.41. The molecule has 2 heterocycles. The Morgan fingerprint density at radius 1 is 1.30 bits per heavy atom. The molecule has 11 heteroatoms. The highest BCUT2D eigenvalue weighted by Gasteiger charge is 2.34. The minimum absolute atomic E-state index is 0.0374. The zero-order chi connectivity index (χ0) is 20.2. The largest absolute Gasteiger partial charge is 0.477 e. The number of hydrogen-bond acceptors (Lipinski definition) is 8. The van der Waals surface area contributed by atoms with Crippen LogP contribution in [0.2, 0.25) is 5.15 Å². The molecule has 0 aliphatic carbocycles. The number of halogens is 1. The van der Waals surface area contributed by atoms with Crippen LogP contribution in [0.15, 0.2) is 29.4 Å². The van der Waals surface area contributed by atoms with Gasteiger partial charge in [-0.3, -0.25) is 0 Å². The van der Waals surface area contributed by atoms with Crippen LogP contribution in [0.5, 0.6) is 11.8 Å². The Kier molecular flexibility index (Phi) is 6.55. The van der Waals surface area contributed by atoms with Crippen molar-refractivity contribution in [3.05, 3.63) is 35.4 Å². The monoisotopic (exact) mass is 414 g/mol. The molecule has 0 unspecified atom stereocenters. The molecule has 0 N–H and O–H groups in total. The van der Waals surface area contributed by atoms with Crippen LogP contribution >= 0.6 is 11.6 Å². The Labute approximate surface area is 162 Å². The number of hydrogen-bond donors (Lipinski definition) is 0. The highest BCUT2D eigenvalue weighted by Crippen LogP contribution is 2.26. The maximum absolute atomic E-state index is 13.0. The molecule has 0 spiro atoms. The lowest BCUT2D eigenvalue weighted by molar-refractivity contribution is 0.171. The summed E-state index contributed by atoms with van der Waals surface area (Å²) in [6.07, 6.45) is 1.56. The molecule has 0 aliphatic heterocycles.